The lowest BCUT2D eigenvalue weighted by Crippen LogP contribution is -2.51. The first-order valence-electron chi connectivity index (χ1n) is 13.0. The lowest BCUT2D eigenvalue weighted by molar-refractivity contribution is -0.139. The second-order valence-electron chi connectivity index (χ2n) is 9.27. The number of nitrogens with zero attached hydrogens (tertiary/aromatic N) is 2. The molecule has 0 saturated carbocycles. The summed E-state index contributed by atoms with van der Waals surface area (Å²) in [4.78, 5) is 28.5. The van der Waals surface area contributed by atoms with Crippen molar-refractivity contribution in [3.63, 3.8) is 0 Å². The smallest absolute Gasteiger partial charge is 0.264 e. The summed E-state index contributed by atoms with van der Waals surface area (Å²) in [6.07, 6.45) is 1.74. The minimum absolute atomic E-state index is 0.0412. The van der Waals surface area contributed by atoms with E-state index in [0.717, 1.165) is 28.3 Å². The highest BCUT2D eigenvalue weighted by Crippen LogP contribution is 2.32. The summed E-state index contributed by atoms with van der Waals surface area (Å²) in [5, 5.41) is 2.89. The van der Waals surface area contributed by atoms with Crippen LogP contribution in [0.4, 0.5) is 5.69 Å². The van der Waals surface area contributed by atoms with Crippen molar-refractivity contribution in [1.82, 2.24) is 10.2 Å². The van der Waals surface area contributed by atoms with E-state index in [4.69, 9.17) is 4.74 Å². The highest BCUT2D eigenvalue weighted by molar-refractivity contribution is 7.92. The summed E-state index contributed by atoms with van der Waals surface area (Å²) >= 11 is 0. The van der Waals surface area contributed by atoms with Crippen LogP contribution in [0.5, 0.6) is 5.75 Å². The average Bonchev–Trinajstić information content (AvgIpc) is 2.95. The maximum Gasteiger partial charge on any atom is 0.264 e. The van der Waals surface area contributed by atoms with Gasteiger partial charge in [-0.15, -0.1) is 0 Å². The second-order valence-corrected chi connectivity index (χ2v) is 11.1. The molecular formula is C30H37N3O5S. The van der Waals surface area contributed by atoms with Gasteiger partial charge in [0.2, 0.25) is 11.8 Å². The van der Waals surface area contributed by atoms with Crippen LogP contribution in [-0.4, -0.2) is 51.4 Å². The Morgan fingerprint density at radius 3 is 2.26 bits per heavy atom. The highest BCUT2D eigenvalue weighted by atomic mass is 32.2. The summed E-state index contributed by atoms with van der Waals surface area (Å²) in [5.74, 6) is -0.498. The molecular weight excluding hydrogens is 514 g/mol. The number of hydrogen-bond donors (Lipinski definition) is 1. The molecule has 0 fully saturated rings. The molecule has 39 heavy (non-hydrogen) atoms. The average molecular weight is 552 g/mol. The molecule has 2 amide bonds. The maximum atomic E-state index is 14.0. The molecule has 0 aliphatic heterocycles. The number of benzene rings is 3. The predicted molar refractivity (Wildman–Crippen MR) is 153 cm³/mol. The van der Waals surface area contributed by atoms with Gasteiger partial charge in [-0.25, -0.2) is 8.42 Å². The van der Waals surface area contributed by atoms with Gasteiger partial charge in [-0.2, -0.15) is 0 Å². The Balaban J connectivity index is 2.03. The zero-order chi connectivity index (χ0) is 28.4. The molecule has 0 radical (unpaired) electrons. The van der Waals surface area contributed by atoms with Gasteiger partial charge >= 0.3 is 0 Å². The fourth-order valence-electron chi connectivity index (χ4n) is 4.16. The standard InChI is InChI=1S/C30H37N3O5S/c1-5-6-20-31-30(35)24(3)32(21-25-15-11-10-14-23(25)2)29(34)22-33(27-18-12-13-19-28(27)38-4)39(36,37)26-16-8-7-9-17-26/h7-19,24H,5-6,20-22H2,1-4H3,(H,31,35)/t24-/m1/s1. The summed E-state index contributed by atoms with van der Waals surface area (Å²) in [7, 11) is -2.71. The normalized spacial score (nSPS) is 11.9. The van der Waals surface area contributed by atoms with Crippen molar-refractivity contribution in [3.05, 3.63) is 90.0 Å². The number of carbonyl (C=O) groups is 2. The molecule has 9 heteroatoms. The second kappa shape index (κ2) is 13.8. The molecule has 3 rings (SSSR count). The summed E-state index contributed by atoms with van der Waals surface area (Å²) in [5.41, 5.74) is 2.06. The molecule has 0 unspecified atom stereocenters. The van der Waals surface area contributed by atoms with Crippen LogP contribution >= 0.6 is 0 Å². The number of carbonyl (C=O) groups excluding carboxylic acids is 2. The number of unbranched alkanes of at least 4 members (excludes halogenated alkanes) is 1. The fraction of sp³-hybridized carbons (Fsp3) is 0.333. The van der Waals surface area contributed by atoms with Gasteiger partial charge in [-0.1, -0.05) is 67.9 Å². The molecule has 0 heterocycles. The quantitative estimate of drug-likeness (QED) is 0.315. The number of amides is 2. The van der Waals surface area contributed by atoms with E-state index in [2.05, 4.69) is 5.32 Å². The molecule has 0 bridgehead atoms. The Hall–Kier alpha value is -3.85. The van der Waals surface area contributed by atoms with Crippen molar-refractivity contribution in [1.29, 1.82) is 0 Å². The van der Waals surface area contributed by atoms with Crippen LogP contribution in [-0.2, 0) is 26.2 Å². The molecule has 8 nitrogen and oxygen atoms in total. The molecule has 3 aromatic carbocycles. The van der Waals surface area contributed by atoms with Crippen molar-refractivity contribution < 1.29 is 22.7 Å². The number of anilines is 1. The number of methoxy groups -OCH3 is 1. The van der Waals surface area contributed by atoms with Gasteiger partial charge in [0, 0.05) is 13.1 Å². The summed E-state index contributed by atoms with van der Waals surface area (Å²) in [6.45, 7) is 5.77. The van der Waals surface area contributed by atoms with Gasteiger partial charge in [0.25, 0.3) is 10.0 Å². The summed E-state index contributed by atoms with van der Waals surface area (Å²) in [6, 6.07) is 21.4. The minimum Gasteiger partial charge on any atom is -0.495 e. The number of ether oxygens (including phenoxy) is 1. The van der Waals surface area contributed by atoms with E-state index >= 15 is 0 Å². The third-order valence-corrected chi connectivity index (χ3v) is 8.34. The van der Waals surface area contributed by atoms with Gasteiger partial charge in [0.15, 0.2) is 0 Å². The third-order valence-electron chi connectivity index (χ3n) is 6.56. The SMILES string of the molecule is CCCCNC(=O)[C@@H](C)N(Cc1ccccc1C)C(=O)CN(c1ccccc1OC)S(=O)(=O)c1ccccc1. The van der Waals surface area contributed by atoms with Crippen molar-refractivity contribution >= 4 is 27.5 Å². The van der Waals surface area contributed by atoms with Crippen LogP contribution < -0.4 is 14.4 Å². The van der Waals surface area contributed by atoms with Crippen molar-refractivity contribution in [2.75, 3.05) is 24.5 Å². The topological polar surface area (TPSA) is 96.0 Å². The molecule has 0 aliphatic carbocycles. The third kappa shape index (κ3) is 7.38. The lowest BCUT2D eigenvalue weighted by Gasteiger charge is -2.32. The molecule has 0 aliphatic rings. The van der Waals surface area contributed by atoms with Crippen LogP contribution in [0, 0.1) is 6.92 Å². The number of para-hydroxylation sites is 2. The Morgan fingerprint density at radius 1 is 0.949 bits per heavy atom. The van der Waals surface area contributed by atoms with Crippen molar-refractivity contribution in [2.45, 2.75) is 51.1 Å². The van der Waals surface area contributed by atoms with E-state index in [1.54, 1.807) is 49.4 Å². The number of rotatable bonds is 13. The van der Waals surface area contributed by atoms with Gasteiger partial charge in [-0.3, -0.25) is 13.9 Å². The van der Waals surface area contributed by atoms with E-state index in [1.807, 2.05) is 38.1 Å². The maximum absolute atomic E-state index is 14.0. The summed E-state index contributed by atoms with van der Waals surface area (Å²) < 4.78 is 34.2. The first kappa shape index (κ1) is 29.7. The number of sulfonamides is 1. The zero-order valence-electron chi connectivity index (χ0n) is 23.0. The predicted octanol–water partition coefficient (Wildman–Crippen LogP) is 4.53. The minimum atomic E-state index is -4.15. The van der Waals surface area contributed by atoms with Gasteiger partial charge in [0.1, 0.15) is 18.3 Å². The fourth-order valence-corrected chi connectivity index (χ4v) is 5.60. The van der Waals surface area contributed by atoms with Crippen LogP contribution in [0.25, 0.3) is 0 Å². The molecule has 0 aromatic heterocycles. The lowest BCUT2D eigenvalue weighted by atomic mass is 10.1. The molecule has 1 atom stereocenters. The largest absolute Gasteiger partial charge is 0.495 e. The molecule has 208 valence electrons. The Labute approximate surface area is 231 Å². The van der Waals surface area contributed by atoms with E-state index in [-0.39, 0.29) is 23.0 Å². The van der Waals surface area contributed by atoms with Crippen LogP contribution in [0.3, 0.4) is 0 Å². The van der Waals surface area contributed by atoms with E-state index in [9.17, 15) is 18.0 Å². The monoisotopic (exact) mass is 551 g/mol. The van der Waals surface area contributed by atoms with Crippen molar-refractivity contribution in [2.24, 2.45) is 0 Å². The van der Waals surface area contributed by atoms with Crippen LogP contribution in [0.15, 0.2) is 83.8 Å². The number of nitrogens with one attached hydrogen (secondary N) is 1. The van der Waals surface area contributed by atoms with E-state index in [0.29, 0.717) is 12.3 Å². The molecule has 0 spiro atoms. The molecule has 0 saturated heterocycles. The van der Waals surface area contributed by atoms with Gasteiger partial charge < -0.3 is 15.0 Å². The van der Waals surface area contributed by atoms with E-state index < -0.39 is 28.5 Å². The highest BCUT2D eigenvalue weighted by Gasteiger charge is 2.33. The zero-order valence-corrected chi connectivity index (χ0v) is 23.8. The first-order chi connectivity index (χ1) is 18.7. The molecule has 3 aromatic rings. The Morgan fingerprint density at radius 2 is 1.59 bits per heavy atom. The Bertz CT molecular complexity index is 1360. The van der Waals surface area contributed by atoms with Crippen molar-refractivity contribution in [3.8, 4) is 5.75 Å². The van der Waals surface area contributed by atoms with Crippen LogP contribution in [0.1, 0.15) is 37.8 Å². The molecule has 1 N–H and O–H groups in total. The van der Waals surface area contributed by atoms with Gasteiger partial charge in [0.05, 0.1) is 17.7 Å². The number of hydrogen-bond acceptors (Lipinski definition) is 5. The first-order valence-corrected chi connectivity index (χ1v) is 14.5. The van der Waals surface area contributed by atoms with Gasteiger partial charge in [-0.05, 0) is 55.7 Å². The number of aryl methyl sites for hydroxylation is 1. The van der Waals surface area contributed by atoms with Crippen LogP contribution in [0.2, 0.25) is 0 Å². The van der Waals surface area contributed by atoms with E-state index in [1.165, 1.54) is 24.1 Å². The Kier molecular flexibility index (Phi) is 10.5.